The molecule has 0 N–H and O–H groups in total. The van der Waals surface area contributed by atoms with Gasteiger partial charge in [0.05, 0.1) is 22.7 Å². The van der Waals surface area contributed by atoms with Crippen LogP contribution in [-0.2, 0) is 7.05 Å². The Morgan fingerprint density at radius 3 is 2.84 bits per heavy atom. The monoisotopic (exact) mass is 312 g/mol. The fraction of sp³-hybridized carbons (Fsp3) is 0.0714. The molecule has 0 saturated carbocycles. The SMILES string of the molecule is Cn1c(-c2cncc(Br)c2)nc2ccc(C#N)cc21. The van der Waals surface area contributed by atoms with Crippen LogP contribution in [0.5, 0.6) is 0 Å². The van der Waals surface area contributed by atoms with Crippen LogP contribution in [0.15, 0.2) is 41.1 Å². The summed E-state index contributed by atoms with van der Waals surface area (Å²) in [6.45, 7) is 0. The van der Waals surface area contributed by atoms with Crippen LogP contribution in [0.2, 0.25) is 0 Å². The number of nitrogens with zero attached hydrogens (tertiary/aromatic N) is 4. The maximum atomic E-state index is 8.95. The predicted octanol–water partition coefficient (Wildman–Crippen LogP) is 3.27. The molecule has 1 aromatic carbocycles. The Morgan fingerprint density at radius 2 is 2.11 bits per heavy atom. The van der Waals surface area contributed by atoms with Crippen LogP contribution < -0.4 is 0 Å². The number of hydrogen-bond acceptors (Lipinski definition) is 3. The number of aromatic nitrogens is 3. The zero-order valence-electron chi connectivity index (χ0n) is 10.1. The molecule has 0 saturated heterocycles. The van der Waals surface area contributed by atoms with E-state index >= 15 is 0 Å². The molecule has 5 heteroatoms. The Morgan fingerprint density at radius 1 is 1.26 bits per heavy atom. The Labute approximate surface area is 118 Å². The van der Waals surface area contributed by atoms with Crippen molar-refractivity contribution in [2.24, 2.45) is 7.05 Å². The second kappa shape index (κ2) is 4.48. The topological polar surface area (TPSA) is 54.5 Å². The number of halogens is 1. The van der Waals surface area contributed by atoms with Crippen LogP contribution in [0.25, 0.3) is 22.4 Å². The molecule has 0 aliphatic heterocycles. The van der Waals surface area contributed by atoms with E-state index in [1.165, 1.54) is 0 Å². The molecule has 0 fully saturated rings. The van der Waals surface area contributed by atoms with Crippen molar-refractivity contribution in [3.8, 4) is 17.5 Å². The van der Waals surface area contributed by atoms with E-state index in [2.05, 4.69) is 32.0 Å². The Bertz CT molecular complexity index is 814. The summed E-state index contributed by atoms with van der Waals surface area (Å²) < 4.78 is 2.88. The molecular weight excluding hydrogens is 304 g/mol. The van der Waals surface area contributed by atoms with Crippen molar-refractivity contribution in [3.63, 3.8) is 0 Å². The first-order chi connectivity index (χ1) is 9.19. The third-order valence-corrected chi connectivity index (χ3v) is 3.41. The lowest BCUT2D eigenvalue weighted by atomic mass is 10.2. The summed E-state index contributed by atoms with van der Waals surface area (Å²) in [6, 6.07) is 9.60. The van der Waals surface area contributed by atoms with Crippen molar-refractivity contribution in [2.45, 2.75) is 0 Å². The van der Waals surface area contributed by atoms with Crippen molar-refractivity contribution in [2.75, 3.05) is 0 Å². The number of imidazole rings is 1. The number of fused-ring (bicyclic) bond motifs is 1. The van der Waals surface area contributed by atoms with E-state index in [1.807, 2.05) is 29.8 Å². The van der Waals surface area contributed by atoms with Gasteiger partial charge in [-0.3, -0.25) is 4.98 Å². The molecule has 0 amide bonds. The summed E-state index contributed by atoms with van der Waals surface area (Å²) in [6.07, 6.45) is 3.51. The lowest BCUT2D eigenvalue weighted by Crippen LogP contribution is -1.93. The van der Waals surface area contributed by atoms with Gasteiger partial charge in [0.2, 0.25) is 0 Å². The highest BCUT2D eigenvalue weighted by Crippen LogP contribution is 2.25. The van der Waals surface area contributed by atoms with Gasteiger partial charge in [-0.05, 0) is 40.2 Å². The molecule has 4 nitrogen and oxygen atoms in total. The van der Waals surface area contributed by atoms with Crippen molar-refractivity contribution < 1.29 is 0 Å². The second-order valence-corrected chi connectivity index (χ2v) is 5.12. The van der Waals surface area contributed by atoms with E-state index in [0.29, 0.717) is 5.56 Å². The molecule has 0 aliphatic carbocycles. The average molecular weight is 313 g/mol. The first-order valence-electron chi connectivity index (χ1n) is 5.66. The van der Waals surface area contributed by atoms with Crippen LogP contribution >= 0.6 is 15.9 Å². The summed E-state index contributed by atoms with van der Waals surface area (Å²) in [7, 11) is 1.94. The molecule has 3 rings (SSSR count). The number of rotatable bonds is 1. The average Bonchev–Trinajstić information content (AvgIpc) is 2.76. The summed E-state index contributed by atoms with van der Waals surface area (Å²) in [5, 5.41) is 8.95. The van der Waals surface area contributed by atoms with Crippen molar-refractivity contribution in [3.05, 3.63) is 46.7 Å². The van der Waals surface area contributed by atoms with Gasteiger partial charge in [0, 0.05) is 29.5 Å². The van der Waals surface area contributed by atoms with Crippen LogP contribution in [0.3, 0.4) is 0 Å². The summed E-state index contributed by atoms with van der Waals surface area (Å²) in [4.78, 5) is 8.74. The minimum atomic E-state index is 0.634. The highest BCUT2D eigenvalue weighted by atomic mass is 79.9. The molecule has 2 heterocycles. The van der Waals surface area contributed by atoms with E-state index < -0.39 is 0 Å². The zero-order chi connectivity index (χ0) is 13.4. The lowest BCUT2D eigenvalue weighted by molar-refractivity contribution is 0.957. The maximum absolute atomic E-state index is 8.95. The first kappa shape index (κ1) is 11.9. The predicted molar refractivity (Wildman–Crippen MR) is 76.4 cm³/mol. The van der Waals surface area contributed by atoms with E-state index in [0.717, 1.165) is 26.9 Å². The van der Waals surface area contributed by atoms with Crippen molar-refractivity contribution in [1.29, 1.82) is 5.26 Å². The van der Waals surface area contributed by atoms with E-state index in [4.69, 9.17) is 5.26 Å². The van der Waals surface area contributed by atoms with Gasteiger partial charge >= 0.3 is 0 Å². The maximum Gasteiger partial charge on any atom is 0.142 e. The Hall–Kier alpha value is -2.19. The van der Waals surface area contributed by atoms with Gasteiger partial charge in [-0.2, -0.15) is 5.26 Å². The van der Waals surface area contributed by atoms with E-state index in [9.17, 15) is 0 Å². The molecule has 2 aromatic heterocycles. The molecule has 0 bridgehead atoms. The third kappa shape index (κ3) is 2.00. The zero-order valence-corrected chi connectivity index (χ0v) is 11.7. The standard InChI is InChI=1S/C14H9BrN4/c1-19-13-4-9(6-16)2-3-12(13)18-14(19)10-5-11(15)8-17-7-10/h2-5,7-8H,1H3. The molecule has 92 valence electrons. The van der Waals surface area contributed by atoms with E-state index in [-0.39, 0.29) is 0 Å². The molecule has 0 radical (unpaired) electrons. The van der Waals surface area contributed by atoms with Gasteiger partial charge in [0.25, 0.3) is 0 Å². The van der Waals surface area contributed by atoms with Gasteiger partial charge in [-0.15, -0.1) is 0 Å². The van der Waals surface area contributed by atoms with Gasteiger partial charge < -0.3 is 4.57 Å². The summed E-state index contributed by atoms with van der Waals surface area (Å²) >= 11 is 3.41. The quantitative estimate of drug-likeness (QED) is 0.693. The number of benzene rings is 1. The van der Waals surface area contributed by atoms with Crippen LogP contribution in [0.4, 0.5) is 0 Å². The van der Waals surface area contributed by atoms with Crippen molar-refractivity contribution in [1.82, 2.24) is 14.5 Å². The van der Waals surface area contributed by atoms with Gasteiger partial charge in [0.1, 0.15) is 5.82 Å². The number of nitriles is 1. The smallest absolute Gasteiger partial charge is 0.142 e. The normalized spacial score (nSPS) is 10.6. The highest BCUT2D eigenvalue weighted by Gasteiger charge is 2.10. The molecule has 0 aliphatic rings. The van der Waals surface area contributed by atoms with Gasteiger partial charge in [-0.25, -0.2) is 4.98 Å². The highest BCUT2D eigenvalue weighted by molar-refractivity contribution is 9.10. The molecule has 19 heavy (non-hydrogen) atoms. The minimum Gasteiger partial charge on any atom is -0.327 e. The summed E-state index contributed by atoms with van der Waals surface area (Å²) in [5.41, 5.74) is 3.38. The number of pyridine rings is 1. The fourth-order valence-corrected chi connectivity index (χ4v) is 2.42. The molecular formula is C14H9BrN4. The van der Waals surface area contributed by atoms with Crippen LogP contribution in [0, 0.1) is 11.3 Å². The van der Waals surface area contributed by atoms with Gasteiger partial charge in [0.15, 0.2) is 0 Å². The van der Waals surface area contributed by atoms with Crippen LogP contribution in [0.1, 0.15) is 5.56 Å². The van der Waals surface area contributed by atoms with E-state index in [1.54, 1.807) is 18.5 Å². The Balaban J connectivity index is 2.26. The lowest BCUT2D eigenvalue weighted by Gasteiger charge is -2.02. The molecule has 0 atom stereocenters. The van der Waals surface area contributed by atoms with Crippen LogP contribution in [-0.4, -0.2) is 14.5 Å². The molecule has 0 spiro atoms. The first-order valence-corrected chi connectivity index (χ1v) is 6.46. The number of aryl methyl sites for hydroxylation is 1. The fourth-order valence-electron chi connectivity index (χ4n) is 2.05. The second-order valence-electron chi connectivity index (χ2n) is 4.20. The number of hydrogen-bond donors (Lipinski definition) is 0. The molecule has 3 aromatic rings. The van der Waals surface area contributed by atoms with Crippen molar-refractivity contribution >= 4 is 27.0 Å². The largest absolute Gasteiger partial charge is 0.327 e. The third-order valence-electron chi connectivity index (χ3n) is 2.97. The van der Waals surface area contributed by atoms with Gasteiger partial charge in [-0.1, -0.05) is 0 Å². The molecule has 0 unspecified atom stereocenters. The minimum absolute atomic E-state index is 0.634. The summed E-state index contributed by atoms with van der Waals surface area (Å²) in [5.74, 6) is 0.832. The Kier molecular flexibility index (Phi) is 2.80.